The van der Waals surface area contributed by atoms with Crippen molar-refractivity contribution >= 4 is 29.3 Å². The van der Waals surface area contributed by atoms with Gasteiger partial charge in [0.2, 0.25) is 0 Å². The molecule has 1 aromatic rings. The van der Waals surface area contributed by atoms with Gasteiger partial charge < -0.3 is 4.74 Å². The Morgan fingerprint density at radius 3 is 2.80 bits per heavy atom. The van der Waals surface area contributed by atoms with Gasteiger partial charge in [-0.3, -0.25) is 0 Å². The number of benzene rings is 1. The molecule has 0 heterocycles. The van der Waals surface area contributed by atoms with Crippen LogP contribution in [0.15, 0.2) is 12.1 Å². The Bertz CT molecular complexity index is 382. The van der Waals surface area contributed by atoms with Crippen molar-refractivity contribution in [2.24, 2.45) is 0 Å². The molecule has 0 N–H and O–H groups in total. The molecule has 0 aliphatic heterocycles. The molecule has 0 aliphatic carbocycles. The first kappa shape index (κ1) is 12.3. The molecule has 0 spiro atoms. The average Bonchev–Trinajstić information content (AvgIpc) is 2.23. The van der Waals surface area contributed by atoms with Gasteiger partial charge >= 0.3 is 5.97 Å². The highest BCUT2D eigenvalue weighted by atomic mass is 35.5. The van der Waals surface area contributed by atoms with Crippen LogP contribution in [-0.2, 0) is 10.5 Å². The van der Waals surface area contributed by atoms with Crippen LogP contribution in [0.25, 0.3) is 0 Å². The van der Waals surface area contributed by atoms with E-state index in [4.69, 9.17) is 11.6 Å². The number of rotatable bonds is 3. The third kappa shape index (κ3) is 2.63. The normalized spacial score (nSPS) is 10.1. The molecule has 0 aliphatic rings. The van der Waals surface area contributed by atoms with Gasteiger partial charge in [0, 0.05) is 16.3 Å². The predicted octanol–water partition coefficient (Wildman–Crippen LogP) is 3.13. The van der Waals surface area contributed by atoms with Crippen molar-refractivity contribution in [2.45, 2.75) is 5.75 Å². The number of ether oxygens (including phenoxy) is 1. The Balaban J connectivity index is 3.21. The molecule has 5 heteroatoms. The minimum atomic E-state index is -0.688. The van der Waals surface area contributed by atoms with Crippen LogP contribution < -0.4 is 0 Å². The summed E-state index contributed by atoms with van der Waals surface area (Å²) < 4.78 is 18.2. The lowest BCUT2D eigenvalue weighted by Gasteiger charge is -2.07. The zero-order chi connectivity index (χ0) is 11.4. The van der Waals surface area contributed by atoms with Gasteiger partial charge in [-0.1, -0.05) is 11.6 Å². The second-order valence-electron chi connectivity index (χ2n) is 2.81. The Morgan fingerprint density at radius 1 is 1.60 bits per heavy atom. The highest BCUT2D eigenvalue weighted by molar-refractivity contribution is 7.97. The van der Waals surface area contributed by atoms with Crippen molar-refractivity contribution in [3.8, 4) is 0 Å². The van der Waals surface area contributed by atoms with Gasteiger partial charge in [-0.15, -0.1) is 0 Å². The summed E-state index contributed by atoms with van der Waals surface area (Å²) in [7, 11) is 1.21. The lowest BCUT2D eigenvalue weighted by Crippen LogP contribution is -2.06. The van der Waals surface area contributed by atoms with Crippen molar-refractivity contribution in [3.63, 3.8) is 0 Å². The molecule has 82 valence electrons. The SMILES string of the molecule is COC(=O)c1ccc(Cl)c(CSC)c1F. The number of thioether (sulfide) groups is 1. The Kier molecular flexibility index (Phi) is 4.42. The third-order valence-corrected chi connectivity index (χ3v) is 2.81. The van der Waals surface area contributed by atoms with Crippen LogP contribution in [-0.4, -0.2) is 19.3 Å². The second-order valence-corrected chi connectivity index (χ2v) is 4.09. The molecule has 0 radical (unpaired) electrons. The number of methoxy groups -OCH3 is 1. The van der Waals surface area contributed by atoms with Gasteiger partial charge in [-0.25, -0.2) is 9.18 Å². The van der Waals surface area contributed by atoms with Crippen LogP contribution in [0, 0.1) is 5.82 Å². The fourth-order valence-corrected chi connectivity index (χ4v) is 2.00. The Hall–Kier alpha value is -0.740. The van der Waals surface area contributed by atoms with Gasteiger partial charge in [0.05, 0.1) is 12.7 Å². The van der Waals surface area contributed by atoms with E-state index in [1.54, 1.807) is 0 Å². The summed E-state index contributed by atoms with van der Waals surface area (Å²) in [6.45, 7) is 0. The maximum Gasteiger partial charge on any atom is 0.340 e. The third-order valence-electron chi connectivity index (χ3n) is 1.88. The van der Waals surface area contributed by atoms with Crippen LogP contribution in [0.2, 0.25) is 5.02 Å². The summed E-state index contributed by atoms with van der Waals surface area (Å²) in [5.41, 5.74) is 0.262. The maximum atomic E-state index is 13.8. The summed E-state index contributed by atoms with van der Waals surface area (Å²) in [5.74, 6) is -0.856. The molecular formula is C10H10ClFO2S. The van der Waals surface area contributed by atoms with E-state index in [0.29, 0.717) is 16.3 Å². The van der Waals surface area contributed by atoms with Crippen molar-refractivity contribution in [1.82, 2.24) is 0 Å². The topological polar surface area (TPSA) is 26.3 Å². The predicted molar refractivity (Wildman–Crippen MR) is 60.0 cm³/mol. The second kappa shape index (κ2) is 5.37. The molecule has 0 saturated carbocycles. The largest absolute Gasteiger partial charge is 0.465 e. The zero-order valence-electron chi connectivity index (χ0n) is 8.34. The molecule has 0 amide bonds. The molecule has 0 atom stereocenters. The molecule has 0 fully saturated rings. The minimum Gasteiger partial charge on any atom is -0.465 e. The van der Waals surface area contributed by atoms with Crippen LogP contribution in [0.1, 0.15) is 15.9 Å². The summed E-state index contributed by atoms with van der Waals surface area (Å²) in [6.07, 6.45) is 1.83. The van der Waals surface area contributed by atoms with Crippen LogP contribution in [0.3, 0.4) is 0 Å². The van der Waals surface area contributed by atoms with E-state index in [2.05, 4.69) is 4.74 Å². The molecular weight excluding hydrogens is 239 g/mol. The molecule has 0 unspecified atom stereocenters. The number of hydrogen-bond acceptors (Lipinski definition) is 3. The number of hydrogen-bond donors (Lipinski definition) is 0. The Morgan fingerprint density at radius 2 is 2.27 bits per heavy atom. The fourth-order valence-electron chi connectivity index (χ4n) is 1.14. The summed E-state index contributed by atoms with van der Waals surface area (Å²) >= 11 is 7.26. The van der Waals surface area contributed by atoms with Crippen molar-refractivity contribution in [2.75, 3.05) is 13.4 Å². The molecule has 0 bridgehead atoms. The average molecular weight is 249 g/mol. The quantitative estimate of drug-likeness (QED) is 0.769. The monoisotopic (exact) mass is 248 g/mol. The smallest absolute Gasteiger partial charge is 0.340 e. The van der Waals surface area contributed by atoms with E-state index in [1.165, 1.54) is 31.0 Å². The van der Waals surface area contributed by atoms with Crippen LogP contribution >= 0.6 is 23.4 Å². The van der Waals surface area contributed by atoms with Crippen LogP contribution in [0.5, 0.6) is 0 Å². The highest BCUT2D eigenvalue weighted by Gasteiger charge is 2.17. The van der Waals surface area contributed by atoms with Gasteiger partial charge in [0.1, 0.15) is 5.82 Å². The van der Waals surface area contributed by atoms with Crippen molar-refractivity contribution < 1.29 is 13.9 Å². The summed E-state index contributed by atoms with van der Waals surface area (Å²) in [6, 6.07) is 2.83. The molecule has 0 saturated heterocycles. The number of halogens is 2. The molecule has 2 nitrogen and oxygen atoms in total. The first-order chi connectivity index (χ1) is 7.11. The lowest BCUT2D eigenvalue weighted by atomic mass is 10.1. The van der Waals surface area contributed by atoms with E-state index < -0.39 is 11.8 Å². The van der Waals surface area contributed by atoms with Crippen molar-refractivity contribution in [3.05, 3.63) is 34.1 Å². The number of esters is 1. The first-order valence-electron chi connectivity index (χ1n) is 4.16. The van der Waals surface area contributed by atoms with Gasteiger partial charge in [-0.2, -0.15) is 11.8 Å². The standard InChI is InChI=1S/C10H10ClFO2S/c1-14-10(13)6-3-4-8(11)7(5-15-2)9(6)12/h3-4H,5H2,1-2H3. The Labute approximate surface area is 96.8 Å². The molecule has 0 aromatic heterocycles. The van der Waals surface area contributed by atoms with E-state index in [9.17, 15) is 9.18 Å². The minimum absolute atomic E-state index is 0.0778. The first-order valence-corrected chi connectivity index (χ1v) is 5.93. The van der Waals surface area contributed by atoms with Crippen molar-refractivity contribution in [1.29, 1.82) is 0 Å². The highest BCUT2D eigenvalue weighted by Crippen LogP contribution is 2.25. The van der Waals surface area contributed by atoms with Crippen LogP contribution in [0.4, 0.5) is 4.39 Å². The van der Waals surface area contributed by atoms with Gasteiger partial charge in [0.15, 0.2) is 0 Å². The molecule has 15 heavy (non-hydrogen) atoms. The number of carbonyl (C=O) groups excluding carboxylic acids is 1. The summed E-state index contributed by atoms with van der Waals surface area (Å²) in [5, 5.41) is 0.328. The molecule has 1 aromatic carbocycles. The van der Waals surface area contributed by atoms with E-state index in [-0.39, 0.29) is 5.56 Å². The summed E-state index contributed by atoms with van der Waals surface area (Å²) in [4.78, 5) is 11.2. The maximum absolute atomic E-state index is 13.8. The van der Waals surface area contributed by atoms with Gasteiger partial charge in [-0.05, 0) is 18.4 Å². The lowest BCUT2D eigenvalue weighted by molar-refractivity contribution is 0.0595. The fraction of sp³-hybridized carbons (Fsp3) is 0.300. The zero-order valence-corrected chi connectivity index (χ0v) is 9.91. The van der Waals surface area contributed by atoms with E-state index >= 15 is 0 Å². The van der Waals surface area contributed by atoms with Gasteiger partial charge in [0.25, 0.3) is 0 Å². The molecule has 1 rings (SSSR count). The van der Waals surface area contributed by atoms with E-state index in [1.807, 2.05) is 6.26 Å². The van der Waals surface area contributed by atoms with E-state index in [0.717, 1.165) is 0 Å². The number of carbonyl (C=O) groups is 1.